The summed E-state index contributed by atoms with van der Waals surface area (Å²) in [6.45, 7) is 2.01. The molecule has 0 aliphatic carbocycles. The third kappa shape index (κ3) is 4.15. The van der Waals surface area contributed by atoms with Gasteiger partial charge in [-0.25, -0.2) is 0 Å². The number of H-pyrrole nitrogens is 1. The smallest absolute Gasteiger partial charge is 0.261 e. The molecule has 5 nitrogen and oxygen atoms in total. The molecule has 0 saturated carbocycles. The summed E-state index contributed by atoms with van der Waals surface area (Å²) >= 11 is 11.7. The summed E-state index contributed by atoms with van der Waals surface area (Å²) in [7, 11) is 0. The lowest BCUT2D eigenvalue weighted by atomic mass is 10.3. The lowest BCUT2D eigenvalue weighted by molar-refractivity contribution is -0.127. The van der Waals surface area contributed by atoms with Gasteiger partial charge < -0.3 is 10.1 Å². The highest BCUT2D eigenvalue weighted by Gasteiger charge is 2.15. The fourth-order valence-electron chi connectivity index (χ4n) is 1.56. The third-order valence-electron chi connectivity index (χ3n) is 2.53. The third-order valence-corrected chi connectivity index (χ3v) is 2.97. The Hall–Kier alpha value is -1.72. The first kappa shape index (κ1) is 14.7. The van der Waals surface area contributed by atoms with Crippen molar-refractivity contribution in [3.8, 4) is 5.75 Å². The molecular formula is C13H13Cl2N3O2. The van der Waals surface area contributed by atoms with Crippen molar-refractivity contribution in [2.75, 3.05) is 0 Å². The van der Waals surface area contributed by atoms with E-state index in [9.17, 15) is 4.79 Å². The Balaban J connectivity index is 1.90. The molecule has 0 fully saturated rings. The molecule has 1 amide bonds. The molecule has 1 aromatic heterocycles. The molecule has 2 rings (SSSR count). The van der Waals surface area contributed by atoms with E-state index >= 15 is 0 Å². The molecule has 0 spiro atoms. The van der Waals surface area contributed by atoms with Crippen molar-refractivity contribution >= 4 is 29.1 Å². The number of halogens is 2. The number of aromatic amines is 1. The minimum atomic E-state index is -0.660. The van der Waals surface area contributed by atoms with E-state index in [0.29, 0.717) is 22.3 Å². The average molecular weight is 314 g/mol. The molecule has 7 heteroatoms. The largest absolute Gasteiger partial charge is 0.481 e. The number of carbonyl (C=O) groups is 1. The highest BCUT2D eigenvalue weighted by molar-refractivity contribution is 6.34. The Morgan fingerprint density at radius 2 is 2.10 bits per heavy atom. The van der Waals surface area contributed by atoms with Crippen molar-refractivity contribution in [2.45, 2.75) is 19.6 Å². The number of hydrogen-bond acceptors (Lipinski definition) is 3. The van der Waals surface area contributed by atoms with E-state index in [1.807, 2.05) is 0 Å². The fraction of sp³-hybridized carbons (Fsp3) is 0.231. The van der Waals surface area contributed by atoms with Crippen LogP contribution < -0.4 is 10.1 Å². The van der Waals surface area contributed by atoms with Crippen LogP contribution >= 0.6 is 23.2 Å². The first-order valence-corrected chi connectivity index (χ1v) is 6.69. The maximum Gasteiger partial charge on any atom is 0.261 e. The molecule has 106 valence electrons. The predicted octanol–water partition coefficient (Wildman–Crippen LogP) is 2.80. The van der Waals surface area contributed by atoms with Gasteiger partial charge in [-0.15, -0.1) is 0 Å². The number of benzene rings is 1. The zero-order chi connectivity index (χ0) is 14.5. The summed E-state index contributed by atoms with van der Waals surface area (Å²) in [4.78, 5) is 11.9. The van der Waals surface area contributed by atoms with Gasteiger partial charge in [0.1, 0.15) is 5.75 Å². The second-order valence-corrected chi connectivity index (χ2v) is 5.04. The van der Waals surface area contributed by atoms with Crippen LogP contribution in [0.4, 0.5) is 0 Å². The van der Waals surface area contributed by atoms with Crippen LogP contribution in [0.5, 0.6) is 5.75 Å². The zero-order valence-corrected chi connectivity index (χ0v) is 12.2. The minimum Gasteiger partial charge on any atom is -0.481 e. The van der Waals surface area contributed by atoms with Gasteiger partial charge in [0.2, 0.25) is 0 Å². The summed E-state index contributed by atoms with van der Waals surface area (Å²) in [5, 5.41) is 10.2. The number of amides is 1. The summed E-state index contributed by atoms with van der Waals surface area (Å²) < 4.78 is 5.50. The van der Waals surface area contributed by atoms with Crippen LogP contribution in [0.15, 0.2) is 30.5 Å². The molecule has 20 heavy (non-hydrogen) atoms. The van der Waals surface area contributed by atoms with Crippen LogP contribution in [-0.4, -0.2) is 22.2 Å². The van der Waals surface area contributed by atoms with Gasteiger partial charge in [-0.3, -0.25) is 9.89 Å². The van der Waals surface area contributed by atoms with Crippen LogP contribution in [0.2, 0.25) is 10.0 Å². The van der Waals surface area contributed by atoms with Gasteiger partial charge >= 0.3 is 0 Å². The van der Waals surface area contributed by atoms with Crippen LogP contribution in [0.1, 0.15) is 12.6 Å². The molecule has 0 bridgehead atoms. The summed E-state index contributed by atoms with van der Waals surface area (Å²) in [6, 6.07) is 6.58. The Labute approximate surface area is 126 Å². The van der Waals surface area contributed by atoms with Crippen molar-refractivity contribution in [1.29, 1.82) is 0 Å². The zero-order valence-electron chi connectivity index (χ0n) is 10.7. The fourth-order valence-corrected chi connectivity index (χ4v) is 2.07. The average Bonchev–Trinajstić information content (AvgIpc) is 2.87. The number of carbonyl (C=O) groups excluding carboxylic acids is 1. The van der Waals surface area contributed by atoms with Gasteiger partial charge in [-0.2, -0.15) is 5.10 Å². The van der Waals surface area contributed by atoms with Crippen molar-refractivity contribution in [1.82, 2.24) is 15.5 Å². The number of hydrogen-bond donors (Lipinski definition) is 2. The second-order valence-electron chi connectivity index (χ2n) is 4.16. The van der Waals surface area contributed by atoms with Crippen LogP contribution in [0, 0.1) is 0 Å². The predicted molar refractivity (Wildman–Crippen MR) is 77.0 cm³/mol. The topological polar surface area (TPSA) is 67.0 Å². The van der Waals surface area contributed by atoms with Crippen LogP contribution in [-0.2, 0) is 11.3 Å². The van der Waals surface area contributed by atoms with E-state index < -0.39 is 6.10 Å². The highest BCUT2D eigenvalue weighted by atomic mass is 35.5. The quantitative estimate of drug-likeness (QED) is 0.892. The highest BCUT2D eigenvalue weighted by Crippen LogP contribution is 2.24. The van der Waals surface area contributed by atoms with E-state index in [1.54, 1.807) is 37.4 Å². The SMILES string of the molecule is C[C@@H](Oc1cc(Cl)cc(Cl)c1)C(=O)NCc1ccn[nH]1. The first-order valence-electron chi connectivity index (χ1n) is 5.93. The first-order chi connectivity index (χ1) is 9.54. The normalized spacial score (nSPS) is 11.9. The molecule has 0 aliphatic heterocycles. The van der Waals surface area contributed by atoms with Gasteiger partial charge in [0.15, 0.2) is 6.10 Å². The van der Waals surface area contributed by atoms with Gasteiger partial charge in [0, 0.05) is 16.2 Å². The number of nitrogens with zero attached hydrogens (tertiary/aromatic N) is 1. The molecule has 0 unspecified atom stereocenters. The Bertz CT molecular complexity index is 567. The molecule has 1 heterocycles. The molecule has 0 radical (unpaired) electrons. The lowest BCUT2D eigenvalue weighted by Gasteiger charge is -2.14. The van der Waals surface area contributed by atoms with Crippen LogP contribution in [0.3, 0.4) is 0 Å². The summed E-state index contributed by atoms with van der Waals surface area (Å²) in [5.74, 6) is 0.211. The van der Waals surface area contributed by atoms with Gasteiger partial charge in [-0.05, 0) is 31.2 Å². The van der Waals surface area contributed by atoms with E-state index in [0.717, 1.165) is 5.69 Å². The van der Waals surface area contributed by atoms with E-state index in [2.05, 4.69) is 15.5 Å². The lowest BCUT2D eigenvalue weighted by Crippen LogP contribution is -2.36. The number of aromatic nitrogens is 2. The molecule has 0 saturated heterocycles. The Morgan fingerprint density at radius 1 is 1.40 bits per heavy atom. The molecular weight excluding hydrogens is 301 g/mol. The number of nitrogens with one attached hydrogen (secondary N) is 2. The standard InChI is InChI=1S/C13H13Cl2N3O2/c1-8(13(19)16-7-11-2-3-17-18-11)20-12-5-9(14)4-10(15)6-12/h2-6,8H,7H2,1H3,(H,16,19)(H,17,18)/t8-/m1/s1. The number of ether oxygens (including phenoxy) is 1. The monoisotopic (exact) mass is 313 g/mol. The Morgan fingerprint density at radius 3 is 2.70 bits per heavy atom. The van der Waals surface area contributed by atoms with Gasteiger partial charge in [0.25, 0.3) is 5.91 Å². The van der Waals surface area contributed by atoms with E-state index in [-0.39, 0.29) is 5.91 Å². The molecule has 0 aliphatic rings. The number of rotatable bonds is 5. The van der Waals surface area contributed by atoms with Crippen molar-refractivity contribution in [2.24, 2.45) is 0 Å². The molecule has 1 aromatic carbocycles. The second kappa shape index (κ2) is 6.63. The minimum absolute atomic E-state index is 0.240. The maximum atomic E-state index is 11.9. The van der Waals surface area contributed by atoms with E-state index in [4.69, 9.17) is 27.9 Å². The Kier molecular flexibility index (Phi) is 4.87. The molecule has 2 aromatic rings. The van der Waals surface area contributed by atoms with E-state index in [1.165, 1.54) is 0 Å². The molecule has 2 N–H and O–H groups in total. The van der Waals surface area contributed by atoms with Crippen LogP contribution in [0.25, 0.3) is 0 Å². The summed E-state index contributed by atoms with van der Waals surface area (Å²) in [6.07, 6.45) is 0.961. The van der Waals surface area contributed by atoms with Gasteiger partial charge in [0.05, 0.1) is 12.2 Å². The van der Waals surface area contributed by atoms with Crippen molar-refractivity contribution in [3.63, 3.8) is 0 Å². The van der Waals surface area contributed by atoms with Crippen molar-refractivity contribution in [3.05, 3.63) is 46.2 Å². The maximum absolute atomic E-state index is 11.9. The van der Waals surface area contributed by atoms with Gasteiger partial charge in [-0.1, -0.05) is 23.2 Å². The summed E-state index contributed by atoms with van der Waals surface area (Å²) in [5.41, 5.74) is 0.816. The van der Waals surface area contributed by atoms with Crippen molar-refractivity contribution < 1.29 is 9.53 Å². The molecule has 1 atom stereocenters.